The fraction of sp³-hybridized carbons (Fsp3) is 0.579. The minimum atomic E-state index is -0.267. The molecule has 1 atom stereocenters. The summed E-state index contributed by atoms with van der Waals surface area (Å²) in [7, 11) is 0. The number of rotatable bonds is 6. The molecule has 1 aromatic rings. The van der Waals surface area contributed by atoms with Crippen molar-refractivity contribution in [3.63, 3.8) is 0 Å². The molecule has 2 fully saturated rings. The van der Waals surface area contributed by atoms with E-state index in [0.717, 1.165) is 37.8 Å². The summed E-state index contributed by atoms with van der Waals surface area (Å²) in [5.41, 5.74) is 6.52. The third-order valence-corrected chi connectivity index (χ3v) is 4.92. The lowest BCUT2D eigenvalue weighted by molar-refractivity contribution is -0.131. The number of hydrogen-bond acceptors (Lipinski definition) is 4. The highest BCUT2D eigenvalue weighted by Gasteiger charge is 2.35. The van der Waals surface area contributed by atoms with Crippen molar-refractivity contribution >= 4 is 12.0 Å². The van der Waals surface area contributed by atoms with E-state index in [-0.39, 0.29) is 18.5 Å². The van der Waals surface area contributed by atoms with Crippen LogP contribution in [0.5, 0.6) is 0 Å². The number of nitrogens with two attached hydrogens (primary N) is 1. The van der Waals surface area contributed by atoms with Gasteiger partial charge in [-0.15, -0.1) is 0 Å². The van der Waals surface area contributed by atoms with Gasteiger partial charge in [0, 0.05) is 25.7 Å². The summed E-state index contributed by atoms with van der Waals surface area (Å²) in [5.74, 6) is 0.320. The molecular weight excluding hydrogens is 318 g/mol. The van der Waals surface area contributed by atoms with Crippen molar-refractivity contribution in [2.45, 2.75) is 38.3 Å². The number of ether oxygens (including phenoxy) is 1. The highest BCUT2D eigenvalue weighted by Crippen LogP contribution is 2.29. The van der Waals surface area contributed by atoms with Gasteiger partial charge in [-0.05, 0) is 37.2 Å². The molecule has 1 aromatic carbocycles. The lowest BCUT2D eigenvalue weighted by atomic mass is 9.97. The molecule has 136 valence electrons. The second-order valence-corrected chi connectivity index (χ2v) is 6.98. The fourth-order valence-electron chi connectivity index (χ4n) is 3.43. The quantitative estimate of drug-likeness (QED) is 0.855. The molecule has 1 aliphatic carbocycles. The summed E-state index contributed by atoms with van der Waals surface area (Å²) in [6, 6.07) is 10.0. The second kappa shape index (κ2) is 8.34. The number of nitrogens with zero attached hydrogens (tertiary/aromatic N) is 2. The van der Waals surface area contributed by atoms with Gasteiger partial charge in [-0.2, -0.15) is 0 Å². The number of carbonyl (C=O) groups excluding carboxylic acids is 2. The fourth-order valence-corrected chi connectivity index (χ4v) is 3.43. The van der Waals surface area contributed by atoms with Crippen molar-refractivity contribution in [3.05, 3.63) is 35.9 Å². The maximum atomic E-state index is 12.3. The van der Waals surface area contributed by atoms with E-state index >= 15 is 0 Å². The first kappa shape index (κ1) is 17.7. The number of hydrogen-bond donors (Lipinski definition) is 1. The maximum absolute atomic E-state index is 12.3. The Morgan fingerprint density at radius 2 is 1.96 bits per heavy atom. The third-order valence-electron chi connectivity index (χ3n) is 4.92. The van der Waals surface area contributed by atoms with E-state index in [0.29, 0.717) is 31.7 Å². The van der Waals surface area contributed by atoms with Gasteiger partial charge in [-0.1, -0.05) is 30.3 Å². The molecule has 25 heavy (non-hydrogen) atoms. The van der Waals surface area contributed by atoms with Crippen LogP contribution in [0.3, 0.4) is 0 Å². The highest BCUT2D eigenvalue weighted by atomic mass is 16.6. The van der Waals surface area contributed by atoms with Gasteiger partial charge in [0.15, 0.2) is 0 Å². The molecule has 0 bridgehead atoms. The Labute approximate surface area is 148 Å². The van der Waals surface area contributed by atoms with Crippen molar-refractivity contribution < 1.29 is 14.3 Å². The van der Waals surface area contributed by atoms with Crippen LogP contribution in [0.2, 0.25) is 0 Å². The summed E-state index contributed by atoms with van der Waals surface area (Å²) in [6.07, 6.45) is 3.85. The van der Waals surface area contributed by atoms with E-state index in [4.69, 9.17) is 10.5 Å². The Bertz CT molecular complexity index is 589. The predicted octanol–water partition coefficient (Wildman–Crippen LogP) is 1.98. The molecule has 6 nitrogen and oxygen atoms in total. The second-order valence-electron chi connectivity index (χ2n) is 6.98. The summed E-state index contributed by atoms with van der Waals surface area (Å²) < 4.78 is 5.44. The molecule has 0 unspecified atom stereocenters. The summed E-state index contributed by atoms with van der Waals surface area (Å²) in [6.45, 7) is 2.42. The Balaban J connectivity index is 1.50. The van der Waals surface area contributed by atoms with E-state index in [9.17, 15) is 9.59 Å². The number of benzene rings is 1. The molecule has 1 aliphatic heterocycles. The molecule has 0 radical (unpaired) electrons. The maximum Gasteiger partial charge on any atom is 0.410 e. The first-order valence-corrected chi connectivity index (χ1v) is 9.12. The SMILES string of the molecule is NCC(=O)N(C[C@@H]1CCCN(C(=O)OCc2ccccc2)C1)C1CC1. The summed E-state index contributed by atoms with van der Waals surface area (Å²) in [4.78, 5) is 28.1. The molecule has 1 saturated heterocycles. The highest BCUT2D eigenvalue weighted by molar-refractivity contribution is 5.78. The molecule has 1 heterocycles. The molecule has 2 aliphatic rings. The zero-order chi connectivity index (χ0) is 17.6. The van der Waals surface area contributed by atoms with E-state index in [2.05, 4.69) is 0 Å². The topological polar surface area (TPSA) is 75.9 Å². The zero-order valence-electron chi connectivity index (χ0n) is 14.6. The van der Waals surface area contributed by atoms with Crippen LogP contribution >= 0.6 is 0 Å². The van der Waals surface area contributed by atoms with E-state index in [1.165, 1.54) is 0 Å². The van der Waals surface area contributed by atoms with Crippen molar-refractivity contribution in [2.75, 3.05) is 26.2 Å². The van der Waals surface area contributed by atoms with Gasteiger partial charge >= 0.3 is 6.09 Å². The average Bonchev–Trinajstić information content (AvgIpc) is 3.49. The van der Waals surface area contributed by atoms with E-state index in [1.54, 1.807) is 4.90 Å². The van der Waals surface area contributed by atoms with Crippen LogP contribution < -0.4 is 5.73 Å². The van der Waals surface area contributed by atoms with Crippen LogP contribution in [-0.2, 0) is 16.1 Å². The van der Waals surface area contributed by atoms with Crippen molar-refractivity contribution in [1.82, 2.24) is 9.80 Å². The zero-order valence-corrected chi connectivity index (χ0v) is 14.6. The van der Waals surface area contributed by atoms with Gasteiger partial charge in [0.05, 0.1) is 6.54 Å². The molecule has 2 amide bonds. The molecule has 3 rings (SSSR count). The van der Waals surface area contributed by atoms with Crippen LogP contribution in [0, 0.1) is 5.92 Å². The molecule has 0 aromatic heterocycles. The normalized spacial score (nSPS) is 20.2. The van der Waals surface area contributed by atoms with Crippen LogP contribution in [0.1, 0.15) is 31.2 Å². The van der Waals surface area contributed by atoms with Gasteiger partial charge in [0.1, 0.15) is 6.61 Å². The molecular formula is C19H27N3O3. The number of piperidine rings is 1. The lowest BCUT2D eigenvalue weighted by Gasteiger charge is -2.35. The van der Waals surface area contributed by atoms with Crippen molar-refractivity contribution in [3.8, 4) is 0 Å². The van der Waals surface area contributed by atoms with Crippen LogP contribution in [-0.4, -0.2) is 54.0 Å². The molecule has 0 spiro atoms. The van der Waals surface area contributed by atoms with Crippen molar-refractivity contribution in [1.29, 1.82) is 0 Å². The van der Waals surface area contributed by atoms with Gasteiger partial charge < -0.3 is 20.3 Å². The first-order chi connectivity index (χ1) is 12.2. The molecule has 1 saturated carbocycles. The first-order valence-electron chi connectivity index (χ1n) is 9.12. The predicted molar refractivity (Wildman–Crippen MR) is 94.7 cm³/mol. The minimum Gasteiger partial charge on any atom is -0.445 e. The van der Waals surface area contributed by atoms with Crippen LogP contribution in [0.4, 0.5) is 4.79 Å². The van der Waals surface area contributed by atoms with Crippen LogP contribution in [0.25, 0.3) is 0 Å². The Hall–Kier alpha value is -2.08. The number of amides is 2. The number of likely N-dealkylation sites (tertiary alicyclic amines) is 1. The summed E-state index contributed by atoms with van der Waals surface area (Å²) in [5, 5.41) is 0. The molecule has 6 heteroatoms. The minimum absolute atomic E-state index is 0.0197. The lowest BCUT2D eigenvalue weighted by Crippen LogP contribution is -2.47. The largest absolute Gasteiger partial charge is 0.445 e. The standard InChI is InChI=1S/C19H27N3O3/c20-11-18(23)22(17-8-9-17)13-16-7-4-10-21(12-16)19(24)25-14-15-5-2-1-3-6-15/h1-3,5-6,16-17H,4,7-14,20H2/t16-/m1/s1. The van der Waals surface area contributed by atoms with Gasteiger partial charge in [-0.3, -0.25) is 4.79 Å². The average molecular weight is 345 g/mol. The van der Waals surface area contributed by atoms with Gasteiger partial charge in [0.25, 0.3) is 0 Å². The smallest absolute Gasteiger partial charge is 0.410 e. The number of carbonyl (C=O) groups is 2. The van der Waals surface area contributed by atoms with E-state index in [1.807, 2.05) is 35.2 Å². The third kappa shape index (κ3) is 4.95. The molecule has 2 N–H and O–H groups in total. The Kier molecular flexibility index (Phi) is 5.91. The van der Waals surface area contributed by atoms with Crippen LogP contribution in [0.15, 0.2) is 30.3 Å². The van der Waals surface area contributed by atoms with E-state index < -0.39 is 0 Å². The van der Waals surface area contributed by atoms with Gasteiger partial charge in [-0.25, -0.2) is 4.79 Å². The monoisotopic (exact) mass is 345 g/mol. The van der Waals surface area contributed by atoms with Crippen molar-refractivity contribution in [2.24, 2.45) is 11.7 Å². The van der Waals surface area contributed by atoms with Gasteiger partial charge in [0.2, 0.25) is 5.91 Å². The summed E-state index contributed by atoms with van der Waals surface area (Å²) >= 11 is 0. The Morgan fingerprint density at radius 1 is 1.20 bits per heavy atom. The Morgan fingerprint density at radius 3 is 2.64 bits per heavy atom.